The third-order valence-corrected chi connectivity index (χ3v) is 4.09. The highest BCUT2D eigenvalue weighted by Gasteiger charge is 2.43. The minimum Gasteiger partial charge on any atom is -0.373 e. The first-order valence-electron chi connectivity index (χ1n) is 7.45. The van der Waals surface area contributed by atoms with Crippen LogP contribution in [0.5, 0.6) is 0 Å². The molecule has 0 radical (unpaired) electrons. The number of hydrogen-bond donors (Lipinski definition) is 1. The Morgan fingerprint density at radius 1 is 1.25 bits per heavy atom. The van der Waals surface area contributed by atoms with E-state index in [1.54, 1.807) is 0 Å². The largest absolute Gasteiger partial charge is 0.373 e. The van der Waals surface area contributed by atoms with Crippen LogP contribution in [0.15, 0.2) is 18.2 Å². The molecule has 0 saturated heterocycles. The third-order valence-electron chi connectivity index (χ3n) is 4.09. The highest BCUT2D eigenvalue weighted by molar-refractivity contribution is 5.26. The zero-order chi connectivity index (χ0) is 14.6. The second kappa shape index (κ2) is 6.64. The predicted molar refractivity (Wildman–Crippen MR) is 75.6 cm³/mol. The first-order valence-corrected chi connectivity index (χ1v) is 7.45. The van der Waals surface area contributed by atoms with Crippen LogP contribution in [0.4, 0.5) is 8.78 Å². The van der Waals surface area contributed by atoms with Gasteiger partial charge in [-0.1, -0.05) is 19.8 Å². The molecule has 20 heavy (non-hydrogen) atoms. The van der Waals surface area contributed by atoms with Crippen LogP contribution < -0.4 is 5.32 Å². The molecule has 1 atom stereocenters. The van der Waals surface area contributed by atoms with Gasteiger partial charge in [0.05, 0.1) is 11.6 Å². The molecule has 2 rings (SSSR count). The van der Waals surface area contributed by atoms with E-state index in [0.717, 1.165) is 31.7 Å². The van der Waals surface area contributed by atoms with Crippen molar-refractivity contribution < 1.29 is 13.5 Å². The summed E-state index contributed by atoms with van der Waals surface area (Å²) in [5.74, 6) is -0.780. The molecule has 1 fully saturated rings. The van der Waals surface area contributed by atoms with E-state index >= 15 is 0 Å². The summed E-state index contributed by atoms with van der Waals surface area (Å²) in [4.78, 5) is 0. The quantitative estimate of drug-likeness (QED) is 0.853. The van der Waals surface area contributed by atoms with Gasteiger partial charge < -0.3 is 10.1 Å². The van der Waals surface area contributed by atoms with E-state index in [0.29, 0.717) is 18.7 Å². The molecule has 0 aromatic heterocycles. The molecular formula is C16H23F2NO. The van der Waals surface area contributed by atoms with E-state index < -0.39 is 11.4 Å². The lowest BCUT2D eigenvalue weighted by Crippen LogP contribution is -2.44. The summed E-state index contributed by atoms with van der Waals surface area (Å²) >= 11 is 0. The number of ether oxygens (including phenoxy) is 1. The minimum atomic E-state index is -0.417. The lowest BCUT2D eigenvalue weighted by atomic mass is 9.86. The Balaban J connectivity index is 2.40. The Bertz CT molecular complexity index is 444. The van der Waals surface area contributed by atoms with Crippen LogP contribution in [0.25, 0.3) is 0 Å². The van der Waals surface area contributed by atoms with Crippen molar-refractivity contribution in [2.75, 3.05) is 13.2 Å². The SMILES string of the molecule is CCNC(c1cc(F)ccc1F)C1(OCC)CCCC1. The molecule has 0 amide bonds. The average molecular weight is 283 g/mol. The predicted octanol–water partition coefficient (Wildman–Crippen LogP) is 3.96. The zero-order valence-electron chi connectivity index (χ0n) is 12.2. The maximum Gasteiger partial charge on any atom is 0.128 e. The first kappa shape index (κ1) is 15.4. The molecule has 1 unspecified atom stereocenters. The van der Waals surface area contributed by atoms with Crippen molar-refractivity contribution in [2.45, 2.75) is 51.2 Å². The van der Waals surface area contributed by atoms with E-state index in [9.17, 15) is 8.78 Å². The van der Waals surface area contributed by atoms with Crippen molar-refractivity contribution >= 4 is 0 Å². The van der Waals surface area contributed by atoms with Crippen LogP contribution in [0.2, 0.25) is 0 Å². The Labute approximate surface area is 119 Å². The number of benzene rings is 1. The molecule has 1 saturated carbocycles. The fourth-order valence-corrected chi connectivity index (χ4v) is 3.30. The molecule has 2 nitrogen and oxygen atoms in total. The molecule has 112 valence electrons. The summed E-state index contributed by atoms with van der Waals surface area (Å²) in [6, 6.07) is 3.35. The summed E-state index contributed by atoms with van der Waals surface area (Å²) in [6.07, 6.45) is 3.90. The number of rotatable bonds is 6. The second-order valence-corrected chi connectivity index (χ2v) is 5.36. The van der Waals surface area contributed by atoms with Gasteiger partial charge in [-0.05, 0) is 44.5 Å². The first-order chi connectivity index (χ1) is 9.63. The molecular weight excluding hydrogens is 260 g/mol. The summed E-state index contributed by atoms with van der Waals surface area (Å²) in [5, 5.41) is 3.30. The van der Waals surface area contributed by atoms with Crippen molar-refractivity contribution in [3.63, 3.8) is 0 Å². The summed E-state index contributed by atoms with van der Waals surface area (Å²) in [7, 11) is 0. The van der Waals surface area contributed by atoms with Crippen LogP contribution in [0.3, 0.4) is 0 Å². The number of halogens is 2. The van der Waals surface area contributed by atoms with Crippen molar-refractivity contribution in [3.05, 3.63) is 35.4 Å². The molecule has 1 aromatic carbocycles. The topological polar surface area (TPSA) is 21.3 Å². The highest BCUT2D eigenvalue weighted by atomic mass is 19.1. The lowest BCUT2D eigenvalue weighted by Gasteiger charge is -2.38. The van der Waals surface area contributed by atoms with Crippen molar-refractivity contribution in [1.29, 1.82) is 0 Å². The van der Waals surface area contributed by atoms with Crippen LogP contribution in [-0.2, 0) is 4.74 Å². The van der Waals surface area contributed by atoms with Gasteiger partial charge in [-0.3, -0.25) is 0 Å². The van der Waals surface area contributed by atoms with Crippen molar-refractivity contribution in [2.24, 2.45) is 0 Å². The molecule has 1 aliphatic rings. The van der Waals surface area contributed by atoms with Crippen LogP contribution >= 0.6 is 0 Å². The summed E-state index contributed by atoms with van der Waals surface area (Å²) in [5.41, 5.74) is -0.0402. The Hall–Kier alpha value is -1.00. The fraction of sp³-hybridized carbons (Fsp3) is 0.625. The molecule has 0 aliphatic heterocycles. The minimum absolute atomic E-state index is 0.300. The summed E-state index contributed by atoms with van der Waals surface area (Å²) in [6.45, 7) is 5.19. The molecule has 1 N–H and O–H groups in total. The lowest BCUT2D eigenvalue weighted by molar-refractivity contribution is -0.0630. The van der Waals surface area contributed by atoms with Gasteiger partial charge in [0, 0.05) is 12.2 Å². The maximum absolute atomic E-state index is 14.1. The van der Waals surface area contributed by atoms with Gasteiger partial charge >= 0.3 is 0 Å². The second-order valence-electron chi connectivity index (χ2n) is 5.36. The van der Waals surface area contributed by atoms with Crippen LogP contribution in [0.1, 0.15) is 51.1 Å². The highest BCUT2D eigenvalue weighted by Crippen LogP contribution is 2.43. The van der Waals surface area contributed by atoms with Gasteiger partial charge in [-0.2, -0.15) is 0 Å². The van der Waals surface area contributed by atoms with E-state index in [1.807, 2.05) is 13.8 Å². The maximum atomic E-state index is 14.1. The third kappa shape index (κ3) is 3.01. The standard InChI is InChI=1S/C16H23F2NO/c1-3-19-15(13-11-12(17)7-8-14(13)18)16(20-4-2)9-5-6-10-16/h7-8,11,15,19H,3-6,9-10H2,1-2H3. The molecule has 0 spiro atoms. The molecule has 1 aromatic rings. The monoisotopic (exact) mass is 283 g/mol. The number of likely N-dealkylation sites (N-methyl/N-ethyl adjacent to an activating group) is 1. The Morgan fingerprint density at radius 3 is 2.55 bits per heavy atom. The Morgan fingerprint density at radius 2 is 1.95 bits per heavy atom. The van der Waals surface area contributed by atoms with Crippen molar-refractivity contribution in [3.8, 4) is 0 Å². The normalized spacial score (nSPS) is 19.2. The van der Waals surface area contributed by atoms with Crippen LogP contribution in [-0.4, -0.2) is 18.8 Å². The molecule has 4 heteroatoms. The number of hydrogen-bond acceptors (Lipinski definition) is 2. The van der Waals surface area contributed by atoms with Gasteiger partial charge in [0.15, 0.2) is 0 Å². The van der Waals surface area contributed by atoms with Gasteiger partial charge in [-0.25, -0.2) is 8.78 Å². The smallest absolute Gasteiger partial charge is 0.128 e. The molecule has 0 bridgehead atoms. The number of nitrogens with one attached hydrogen (secondary N) is 1. The summed E-state index contributed by atoms with van der Waals surface area (Å²) < 4.78 is 33.7. The van der Waals surface area contributed by atoms with Crippen molar-refractivity contribution in [1.82, 2.24) is 5.32 Å². The Kier molecular flexibility index (Phi) is 5.11. The molecule has 0 heterocycles. The van der Waals surface area contributed by atoms with E-state index in [2.05, 4.69) is 5.32 Å². The van der Waals surface area contributed by atoms with Crippen LogP contribution in [0, 0.1) is 11.6 Å². The molecule has 1 aliphatic carbocycles. The van der Waals surface area contributed by atoms with E-state index in [-0.39, 0.29) is 11.9 Å². The fourth-order valence-electron chi connectivity index (χ4n) is 3.30. The van der Waals surface area contributed by atoms with Gasteiger partial charge in [-0.15, -0.1) is 0 Å². The van der Waals surface area contributed by atoms with E-state index in [4.69, 9.17) is 4.74 Å². The average Bonchev–Trinajstić information content (AvgIpc) is 2.89. The van der Waals surface area contributed by atoms with Gasteiger partial charge in [0.2, 0.25) is 0 Å². The van der Waals surface area contributed by atoms with E-state index in [1.165, 1.54) is 12.1 Å². The zero-order valence-corrected chi connectivity index (χ0v) is 12.2. The van der Waals surface area contributed by atoms with Gasteiger partial charge in [0.1, 0.15) is 11.6 Å². The van der Waals surface area contributed by atoms with Gasteiger partial charge in [0.25, 0.3) is 0 Å².